The van der Waals surface area contributed by atoms with E-state index < -0.39 is 0 Å². The summed E-state index contributed by atoms with van der Waals surface area (Å²) in [6.07, 6.45) is 5.93. The predicted octanol–water partition coefficient (Wildman–Crippen LogP) is 7.57. The fraction of sp³-hybridized carbons (Fsp3) is 0.586. The molecule has 176 valence electrons. The summed E-state index contributed by atoms with van der Waals surface area (Å²) in [5, 5.41) is 9.47. The highest BCUT2D eigenvalue weighted by atomic mass is 16.5. The standard InChI is InChI=1S/C13H16O.C11H14O2.C5H12/c1-2-4-10-5-3-6-11-12(10)14-9-13(11)7-8-13;1-7(2)10-6-9(12)5-8-3-4-13-11(8)10;1-5(2,3)4/h3,5-6H,2,4,7-9H2,1H3;5-7,12H,3-4H2,1-2H3;1-4H3. The summed E-state index contributed by atoms with van der Waals surface area (Å²) in [5.74, 6) is 2.96. The van der Waals surface area contributed by atoms with Gasteiger partial charge in [-0.1, -0.05) is 73.1 Å². The van der Waals surface area contributed by atoms with Crippen molar-refractivity contribution in [3.63, 3.8) is 0 Å². The maximum atomic E-state index is 9.47. The number of hydrogen-bond acceptors (Lipinski definition) is 3. The third-order valence-electron chi connectivity index (χ3n) is 5.95. The number of rotatable bonds is 3. The zero-order chi connectivity index (χ0) is 23.5. The van der Waals surface area contributed by atoms with E-state index in [9.17, 15) is 5.11 Å². The number of phenolic OH excluding ortho intramolecular Hbond substituents is 1. The Morgan fingerprint density at radius 1 is 1.03 bits per heavy atom. The molecule has 0 aromatic heterocycles. The van der Waals surface area contributed by atoms with Crippen molar-refractivity contribution in [3.8, 4) is 17.2 Å². The fourth-order valence-electron chi connectivity index (χ4n) is 4.24. The van der Waals surface area contributed by atoms with E-state index in [0.717, 1.165) is 42.9 Å². The summed E-state index contributed by atoms with van der Waals surface area (Å²) in [6.45, 7) is 16.9. The lowest BCUT2D eigenvalue weighted by molar-refractivity contribution is 0.321. The summed E-state index contributed by atoms with van der Waals surface area (Å²) in [6, 6.07) is 10.3. The molecule has 3 heteroatoms. The van der Waals surface area contributed by atoms with Crippen LogP contribution < -0.4 is 9.47 Å². The van der Waals surface area contributed by atoms with E-state index in [1.165, 1.54) is 36.1 Å². The lowest BCUT2D eigenvalue weighted by Crippen LogP contribution is -2.06. The van der Waals surface area contributed by atoms with Crippen LogP contribution in [0, 0.1) is 5.41 Å². The summed E-state index contributed by atoms with van der Waals surface area (Å²) in [5.41, 5.74) is 6.10. The van der Waals surface area contributed by atoms with Crippen LogP contribution in [0.1, 0.15) is 95.9 Å². The van der Waals surface area contributed by atoms with Crippen LogP contribution in [0.25, 0.3) is 0 Å². The van der Waals surface area contributed by atoms with Gasteiger partial charge in [0.25, 0.3) is 0 Å². The van der Waals surface area contributed by atoms with Crippen molar-refractivity contribution in [2.45, 2.75) is 91.9 Å². The lowest BCUT2D eigenvalue weighted by atomic mass is 9.95. The number of fused-ring (bicyclic) bond motifs is 3. The Kier molecular flexibility index (Phi) is 7.47. The van der Waals surface area contributed by atoms with Crippen molar-refractivity contribution in [3.05, 3.63) is 52.6 Å². The molecule has 0 unspecified atom stereocenters. The normalized spacial score (nSPS) is 16.8. The first kappa shape index (κ1) is 24.5. The highest BCUT2D eigenvalue weighted by Gasteiger charge is 2.50. The van der Waals surface area contributed by atoms with E-state index in [4.69, 9.17) is 9.47 Å². The monoisotopic (exact) mass is 438 g/mol. The molecule has 0 radical (unpaired) electrons. The van der Waals surface area contributed by atoms with Crippen LogP contribution in [0.3, 0.4) is 0 Å². The molecule has 3 aliphatic rings. The molecule has 1 fully saturated rings. The van der Waals surface area contributed by atoms with Crippen LogP contribution in [0.4, 0.5) is 0 Å². The second kappa shape index (κ2) is 9.77. The van der Waals surface area contributed by atoms with Crippen LogP contribution >= 0.6 is 0 Å². The Balaban J connectivity index is 0.000000151. The smallest absolute Gasteiger partial charge is 0.126 e. The van der Waals surface area contributed by atoms with Gasteiger partial charge in [-0.25, -0.2) is 0 Å². The Morgan fingerprint density at radius 3 is 2.31 bits per heavy atom. The first-order chi connectivity index (χ1) is 15.0. The first-order valence-corrected chi connectivity index (χ1v) is 12.3. The molecule has 2 aromatic rings. The zero-order valence-corrected chi connectivity index (χ0v) is 21.2. The van der Waals surface area contributed by atoms with Crippen molar-refractivity contribution in [1.82, 2.24) is 0 Å². The largest absolute Gasteiger partial charge is 0.508 e. The number of ether oxygens (including phenoxy) is 2. The van der Waals surface area contributed by atoms with Crippen LogP contribution in [-0.4, -0.2) is 18.3 Å². The van der Waals surface area contributed by atoms with Crippen LogP contribution in [-0.2, 0) is 18.3 Å². The van der Waals surface area contributed by atoms with Crippen molar-refractivity contribution < 1.29 is 14.6 Å². The van der Waals surface area contributed by atoms with Gasteiger partial charge < -0.3 is 14.6 Å². The highest BCUT2D eigenvalue weighted by molar-refractivity contribution is 5.52. The van der Waals surface area contributed by atoms with Crippen molar-refractivity contribution >= 4 is 0 Å². The molecule has 2 heterocycles. The van der Waals surface area contributed by atoms with Gasteiger partial charge in [0.1, 0.15) is 17.2 Å². The average Bonchev–Trinajstić information content (AvgIpc) is 3.16. The summed E-state index contributed by atoms with van der Waals surface area (Å²) in [4.78, 5) is 0. The van der Waals surface area contributed by atoms with E-state index in [-0.39, 0.29) is 0 Å². The maximum Gasteiger partial charge on any atom is 0.126 e. The number of benzene rings is 2. The number of para-hydroxylation sites is 1. The second-order valence-corrected chi connectivity index (χ2v) is 11.4. The summed E-state index contributed by atoms with van der Waals surface area (Å²) in [7, 11) is 0. The Hall–Kier alpha value is -2.16. The molecule has 0 bridgehead atoms. The van der Waals surface area contributed by atoms with Gasteiger partial charge >= 0.3 is 0 Å². The van der Waals surface area contributed by atoms with Gasteiger partial charge in [0.15, 0.2) is 0 Å². The Labute approximate surface area is 195 Å². The van der Waals surface area contributed by atoms with E-state index in [0.29, 0.717) is 22.5 Å². The number of phenols is 1. The van der Waals surface area contributed by atoms with Crippen molar-refractivity contribution in [2.24, 2.45) is 5.41 Å². The molecule has 1 saturated carbocycles. The molecule has 1 spiro atoms. The highest BCUT2D eigenvalue weighted by Crippen LogP contribution is 2.56. The van der Waals surface area contributed by atoms with Gasteiger partial charge in [-0.15, -0.1) is 0 Å². The minimum absolute atomic E-state index is 0.355. The van der Waals surface area contributed by atoms with Gasteiger partial charge in [0.05, 0.1) is 13.2 Å². The predicted molar refractivity (Wildman–Crippen MR) is 133 cm³/mol. The van der Waals surface area contributed by atoms with Crippen LogP contribution in [0.15, 0.2) is 30.3 Å². The van der Waals surface area contributed by atoms with Crippen LogP contribution in [0.5, 0.6) is 17.2 Å². The molecule has 2 aromatic carbocycles. The minimum atomic E-state index is 0.355. The molecule has 1 N–H and O–H groups in total. The molecule has 5 rings (SSSR count). The van der Waals surface area contributed by atoms with E-state index in [2.05, 4.69) is 66.7 Å². The number of aromatic hydroxyl groups is 1. The maximum absolute atomic E-state index is 9.47. The van der Waals surface area contributed by atoms with Crippen LogP contribution in [0.2, 0.25) is 0 Å². The number of hydrogen-bond donors (Lipinski definition) is 1. The lowest BCUT2D eigenvalue weighted by Gasteiger charge is -2.11. The molecule has 3 nitrogen and oxygen atoms in total. The molecular formula is C29H42O3. The van der Waals surface area contributed by atoms with Gasteiger partial charge in [-0.3, -0.25) is 0 Å². The van der Waals surface area contributed by atoms with Gasteiger partial charge in [0, 0.05) is 28.5 Å². The van der Waals surface area contributed by atoms with Crippen molar-refractivity contribution in [1.29, 1.82) is 0 Å². The average molecular weight is 439 g/mol. The molecule has 32 heavy (non-hydrogen) atoms. The summed E-state index contributed by atoms with van der Waals surface area (Å²) < 4.78 is 11.4. The zero-order valence-electron chi connectivity index (χ0n) is 21.2. The topological polar surface area (TPSA) is 38.7 Å². The first-order valence-electron chi connectivity index (χ1n) is 12.3. The summed E-state index contributed by atoms with van der Waals surface area (Å²) >= 11 is 0. The second-order valence-electron chi connectivity index (χ2n) is 11.4. The molecular weight excluding hydrogens is 396 g/mol. The molecule has 0 atom stereocenters. The van der Waals surface area contributed by atoms with E-state index >= 15 is 0 Å². The van der Waals surface area contributed by atoms with E-state index in [1.807, 2.05) is 0 Å². The minimum Gasteiger partial charge on any atom is -0.508 e. The molecule has 0 saturated heterocycles. The number of aryl methyl sites for hydroxylation is 1. The molecule has 2 aliphatic heterocycles. The third kappa shape index (κ3) is 5.99. The fourth-order valence-corrected chi connectivity index (χ4v) is 4.24. The Morgan fingerprint density at radius 2 is 1.72 bits per heavy atom. The van der Waals surface area contributed by atoms with Gasteiger partial charge in [0.2, 0.25) is 0 Å². The molecule has 1 aliphatic carbocycles. The van der Waals surface area contributed by atoms with Gasteiger partial charge in [-0.2, -0.15) is 0 Å². The van der Waals surface area contributed by atoms with E-state index in [1.54, 1.807) is 12.1 Å². The quantitative estimate of drug-likeness (QED) is 0.537. The molecule has 0 amide bonds. The third-order valence-corrected chi connectivity index (χ3v) is 5.95. The van der Waals surface area contributed by atoms with Gasteiger partial charge in [-0.05, 0) is 48.3 Å². The SMILES string of the molecule is CC(C)(C)C.CC(C)c1cc(O)cc2c1OCC2.CCCc1cccc2c1OCC21CC1. The van der Waals surface area contributed by atoms with Crippen molar-refractivity contribution in [2.75, 3.05) is 13.2 Å². The Bertz CT molecular complexity index is 911.